The minimum absolute atomic E-state index is 0.120. The number of rotatable bonds is 14. The standard InChI is InChI=1S/C35H54N8O10/c1-20-17-42(28-34(3,4)24(50-10)22(52-28)13-16-44)32(47)38-26(20)40(7)30(45)36-14-12-15-37-31(46)41(8)27-21(2)18-43(33(48)39-27)29-35(5,6)25(51-11)23(53-29)19-49-9/h16-18,22-25,28-29H,12-15,19H2,1-11H3,(H,36,45)(H,37,46). The Morgan fingerprint density at radius 1 is 0.811 bits per heavy atom. The average Bonchev–Trinajstić information content (AvgIpc) is 3.51. The van der Waals surface area contributed by atoms with E-state index < -0.39 is 58.9 Å². The first kappa shape index (κ1) is 41.5. The van der Waals surface area contributed by atoms with Gasteiger partial charge >= 0.3 is 23.4 Å². The molecule has 18 heteroatoms. The third-order valence-electron chi connectivity index (χ3n) is 10.1. The van der Waals surface area contributed by atoms with E-state index in [2.05, 4.69) is 20.6 Å². The summed E-state index contributed by atoms with van der Waals surface area (Å²) in [5, 5.41) is 5.54. The average molecular weight is 747 g/mol. The van der Waals surface area contributed by atoms with Crippen LogP contribution in [0.1, 0.15) is 64.1 Å². The van der Waals surface area contributed by atoms with Crippen LogP contribution >= 0.6 is 0 Å². The van der Waals surface area contributed by atoms with Crippen molar-refractivity contribution in [3.63, 3.8) is 0 Å². The molecule has 6 atom stereocenters. The lowest BCUT2D eigenvalue weighted by Gasteiger charge is -2.31. The van der Waals surface area contributed by atoms with E-state index in [9.17, 15) is 24.0 Å². The molecule has 0 radical (unpaired) electrons. The summed E-state index contributed by atoms with van der Waals surface area (Å²) in [6, 6.07) is -0.980. The summed E-state index contributed by atoms with van der Waals surface area (Å²) in [7, 11) is 7.72. The van der Waals surface area contributed by atoms with Gasteiger partial charge in [0.25, 0.3) is 0 Å². The number of ether oxygens (including phenoxy) is 5. The van der Waals surface area contributed by atoms with Crippen molar-refractivity contribution in [1.82, 2.24) is 29.7 Å². The number of aldehydes is 1. The zero-order valence-corrected chi connectivity index (χ0v) is 32.5. The molecule has 4 amide bonds. The Balaban J connectivity index is 1.32. The van der Waals surface area contributed by atoms with Crippen molar-refractivity contribution < 1.29 is 38.1 Å². The monoisotopic (exact) mass is 746 g/mol. The first-order chi connectivity index (χ1) is 25.0. The minimum atomic E-state index is -0.739. The molecule has 4 rings (SSSR count). The van der Waals surface area contributed by atoms with E-state index in [0.717, 1.165) is 6.29 Å². The molecule has 2 N–H and O–H groups in total. The van der Waals surface area contributed by atoms with Crippen molar-refractivity contribution in [2.45, 2.75) is 91.3 Å². The van der Waals surface area contributed by atoms with Crippen LogP contribution < -0.4 is 31.8 Å². The molecular formula is C35H54N8O10. The summed E-state index contributed by atoms with van der Waals surface area (Å²) in [5.74, 6) is 0.363. The summed E-state index contributed by atoms with van der Waals surface area (Å²) < 4.78 is 31.7. The number of aryl methyl sites for hydroxylation is 2. The van der Waals surface area contributed by atoms with E-state index in [-0.39, 0.29) is 43.4 Å². The van der Waals surface area contributed by atoms with Gasteiger partial charge in [0, 0.05) is 89.3 Å². The maximum Gasteiger partial charge on any atom is 0.351 e. The van der Waals surface area contributed by atoms with Gasteiger partial charge in [0.05, 0.1) is 24.9 Å². The second-order valence-corrected chi connectivity index (χ2v) is 14.7. The molecule has 53 heavy (non-hydrogen) atoms. The van der Waals surface area contributed by atoms with Crippen LogP contribution in [-0.2, 0) is 28.5 Å². The maximum atomic E-state index is 13.2. The van der Waals surface area contributed by atoms with Gasteiger partial charge in [-0.2, -0.15) is 9.97 Å². The first-order valence-electron chi connectivity index (χ1n) is 17.5. The third kappa shape index (κ3) is 8.31. The Hall–Kier alpha value is -4.23. The Morgan fingerprint density at radius 3 is 1.62 bits per heavy atom. The van der Waals surface area contributed by atoms with Crippen molar-refractivity contribution >= 4 is 30.0 Å². The van der Waals surface area contributed by atoms with Gasteiger partial charge in [-0.1, -0.05) is 27.7 Å². The molecule has 0 aromatic carbocycles. The summed E-state index contributed by atoms with van der Waals surface area (Å²) >= 11 is 0. The van der Waals surface area contributed by atoms with Gasteiger partial charge in [-0.3, -0.25) is 18.9 Å². The SMILES string of the molecule is COCC1OC(n2cc(C)c(N(C)C(=O)NCCCNC(=O)N(C)c3nc(=O)n(C4OC(CC=O)C(OC)C4(C)C)cc3C)nc2=O)C(C)(C)C1OC. The quantitative estimate of drug-likeness (QED) is 0.211. The molecule has 2 aromatic rings. The van der Waals surface area contributed by atoms with Crippen molar-refractivity contribution in [1.29, 1.82) is 0 Å². The van der Waals surface area contributed by atoms with Gasteiger partial charge in [0.15, 0.2) is 0 Å². The summed E-state index contributed by atoms with van der Waals surface area (Å²) in [4.78, 5) is 74.5. The van der Waals surface area contributed by atoms with E-state index in [1.54, 1.807) is 40.5 Å². The molecule has 294 valence electrons. The predicted molar refractivity (Wildman–Crippen MR) is 194 cm³/mol. The summed E-state index contributed by atoms with van der Waals surface area (Å²) in [5.41, 5.74) is -1.30. The number of anilines is 2. The smallest absolute Gasteiger partial charge is 0.351 e. The molecule has 4 heterocycles. The van der Waals surface area contributed by atoms with Crippen LogP contribution in [0.5, 0.6) is 0 Å². The van der Waals surface area contributed by atoms with Gasteiger partial charge in [0.1, 0.15) is 36.5 Å². The lowest BCUT2D eigenvalue weighted by atomic mass is 9.83. The Labute approximate surface area is 309 Å². The fourth-order valence-electron chi connectivity index (χ4n) is 7.43. The van der Waals surface area contributed by atoms with Crippen LogP contribution in [0.25, 0.3) is 0 Å². The van der Waals surface area contributed by atoms with Gasteiger partial charge in [0.2, 0.25) is 0 Å². The minimum Gasteiger partial charge on any atom is -0.382 e. The zero-order valence-electron chi connectivity index (χ0n) is 32.5. The fraction of sp³-hybridized carbons (Fsp3) is 0.686. The van der Waals surface area contributed by atoms with Crippen molar-refractivity contribution in [2.24, 2.45) is 10.8 Å². The second kappa shape index (κ2) is 16.8. The molecule has 2 aliphatic rings. The van der Waals surface area contributed by atoms with Gasteiger partial charge in [-0.05, 0) is 20.3 Å². The van der Waals surface area contributed by atoms with Crippen LogP contribution in [0.3, 0.4) is 0 Å². The number of nitrogens with zero attached hydrogens (tertiary/aromatic N) is 6. The Bertz CT molecular complexity index is 1760. The van der Waals surface area contributed by atoms with Gasteiger partial charge in [-0.25, -0.2) is 19.2 Å². The number of carbonyl (C=O) groups excluding carboxylic acids is 3. The van der Waals surface area contributed by atoms with Crippen LogP contribution in [0.2, 0.25) is 0 Å². The molecule has 2 aliphatic heterocycles. The van der Waals surface area contributed by atoms with E-state index in [0.29, 0.717) is 24.2 Å². The zero-order chi connectivity index (χ0) is 39.4. The number of aromatic nitrogens is 4. The van der Waals surface area contributed by atoms with E-state index >= 15 is 0 Å². The molecule has 6 unspecified atom stereocenters. The van der Waals surface area contributed by atoms with Gasteiger partial charge < -0.3 is 39.1 Å². The van der Waals surface area contributed by atoms with Crippen LogP contribution in [-0.4, -0.2) is 117 Å². The van der Waals surface area contributed by atoms with Crippen molar-refractivity contribution in [3.05, 3.63) is 44.5 Å². The third-order valence-corrected chi connectivity index (χ3v) is 10.1. The lowest BCUT2D eigenvalue weighted by Crippen LogP contribution is -2.43. The van der Waals surface area contributed by atoms with E-state index in [4.69, 9.17) is 23.7 Å². The number of nitrogens with one attached hydrogen (secondary N) is 2. The van der Waals surface area contributed by atoms with Crippen LogP contribution in [0.4, 0.5) is 21.2 Å². The molecule has 2 aromatic heterocycles. The number of hydrogen-bond donors (Lipinski definition) is 2. The summed E-state index contributed by atoms with van der Waals surface area (Å²) in [6.45, 7) is 11.9. The van der Waals surface area contributed by atoms with Crippen molar-refractivity contribution in [3.8, 4) is 0 Å². The first-order valence-corrected chi connectivity index (χ1v) is 17.5. The Morgan fingerprint density at radius 2 is 1.23 bits per heavy atom. The highest BCUT2D eigenvalue weighted by molar-refractivity contribution is 5.91. The molecule has 0 saturated carbocycles. The highest BCUT2D eigenvalue weighted by atomic mass is 16.6. The second-order valence-electron chi connectivity index (χ2n) is 14.7. The molecule has 0 aliphatic carbocycles. The fourth-order valence-corrected chi connectivity index (χ4v) is 7.43. The number of carbonyl (C=O) groups is 3. The topological polar surface area (TPSA) is 198 Å². The van der Waals surface area contributed by atoms with Crippen LogP contribution in [0.15, 0.2) is 22.0 Å². The highest BCUT2D eigenvalue weighted by Gasteiger charge is 2.53. The normalized spacial score (nSPS) is 24.5. The van der Waals surface area contributed by atoms with Crippen LogP contribution in [0, 0.1) is 24.7 Å². The molecule has 0 spiro atoms. The molecular weight excluding hydrogens is 692 g/mol. The number of urea groups is 2. The summed E-state index contributed by atoms with van der Waals surface area (Å²) in [6.07, 6.45) is 1.41. The van der Waals surface area contributed by atoms with Crippen molar-refractivity contribution in [2.75, 3.05) is 64.9 Å². The predicted octanol–water partition coefficient (Wildman–Crippen LogP) is 1.91. The Kier molecular flexibility index (Phi) is 13.2. The number of hydrogen-bond acceptors (Lipinski definition) is 12. The molecule has 2 saturated heterocycles. The number of amides is 4. The molecule has 18 nitrogen and oxygen atoms in total. The lowest BCUT2D eigenvalue weighted by molar-refractivity contribution is -0.112. The van der Waals surface area contributed by atoms with Gasteiger partial charge in [-0.15, -0.1) is 0 Å². The van der Waals surface area contributed by atoms with E-state index in [1.165, 1.54) is 40.1 Å². The largest absolute Gasteiger partial charge is 0.382 e. The number of methoxy groups -OCH3 is 3. The highest BCUT2D eigenvalue weighted by Crippen LogP contribution is 2.47. The maximum absolute atomic E-state index is 13.2. The molecule has 2 fully saturated rings. The van der Waals surface area contributed by atoms with E-state index in [1.807, 2.05) is 27.7 Å². The molecule has 0 bridgehead atoms.